The van der Waals surface area contributed by atoms with E-state index < -0.39 is 0 Å². The summed E-state index contributed by atoms with van der Waals surface area (Å²) in [7, 11) is 0. The van der Waals surface area contributed by atoms with Gasteiger partial charge in [0.25, 0.3) is 0 Å². The van der Waals surface area contributed by atoms with Crippen molar-refractivity contribution < 1.29 is 5.11 Å². The lowest BCUT2D eigenvalue weighted by molar-refractivity contribution is 0.187. The Morgan fingerprint density at radius 3 is 3.13 bits per heavy atom. The quantitative estimate of drug-likeness (QED) is 0.670. The van der Waals surface area contributed by atoms with E-state index >= 15 is 0 Å². The Morgan fingerprint density at radius 2 is 2.27 bits per heavy atom. The van der Waals surface area contributed by atoms with Crippen molar-refractivity contribution in [2.75, 3.05) is 0 Å². The van der Waals surface area contributed by atoms with Crippen LogP contribution in [-0.4, -0.2) is 16.9 Å². The molecule has 3 heteroatoms. The van der Waals surface area contributed by atoms with E-state index in [0.717, 1.165) is 35.7 Å². The minimum Gasteiger partial charge on any atom is -0.387 e. The Bertz CT molecular complexity index is 431. The van der Waals surface area contributed by atoms with Gasteiger partial charge >= 0.3 is 0 Å². The highest BCUT2D eigenvalue weighted by Crippen LogP contribution is 2.39. The number of allylic oxidation sites excluding steroid dienone is 5. The Kier molecular flexibility index (Phi) is 2.08. The molecular weight excluding hydrogens is 210 g/mol. The number of aliphatic imine (C=N–C) groups is 1. The first-order chi connectivity index (χ1) is 7.25. The fourth-order valence-electron chi connectivity index (χ4n) is 2.52. The van der Waals surface area contributed by atoms with Crippen molar-refractivity contribution in [2.45, 2.75) is 25.4 Å². The standard InChI is InChI=1S/C12H12ClNO/c13-7-4-5-10-9(6-7)8-2-1-3-11(15)12(8)14-10/h4-6,9,11,15H,1-3H2/t9-,11+/m1/s1. The zero-order chi connectivity index (χ0) is 10.4. The minimum atomic E-state index is -0.368. The fraction of sp³-hybridized carbons (Fsp3) is 0.417. The molecule has 0 aromatic heterocycles. The zero-order valence-electron chi connectivity index (χ0n) is 8.28. The van der Waals surface area contributed by atoms with Crippen LogP contribution in [0.15, 0.2) is 39.5 Å². The van der Waals surface area contributed by atoms with Gasteiger partial charge in [-0.05, 0) is 37.0 Å². The molecule has 2 atom stereocenters. The van der Waals surface area contributed by atoms with E-state index in [1.54, 1.807) is 0 Å². The van der Waals surface area contributed by atoms with Crippen LogP contribution < -0.4 is 0 Å². The Labute approximate surface area is 93.7 Å². The van der Waals surface area contributed by atoms with E-state index in [4.69, 9.17) is 11.6 Å². The number of hydrogen-bond donors (Lipinski definition) is 1. The van der Waals surface area contributed by atoms with Crippen LogP contribution in [0.2, 0.25) is 0 Å². The molecule has 0 unspecified atom stereocenters. The maximum Gasteiger partial charge on any atom is 0.0959 e. The van der Waals surface area contributed by atoms with Crippen LogP contribution in [0.5, 0.6) is 0 Å². The normalized spacial score (nSPS) is 33.5. The molecular formula is C12H12ClNO. The molecule has 0 fully saturated rings. The maximum absolute atomic E-state index is 9.85. The molecule has 0 aromatic rings. The molecule has 0 bridgehead atoms. The molecule has 3 rings (SSSR count). The van der Waals surface area contributed by atoms with Crippen LogP contribution >= 0.6 is 11.6 Å². The fourth-order valence-corrected chi connectivity index (χ4v) is 2.71. The maximum atomic E-state index is 9.85. The van der Waals surface area contributed by atoms with E-state index in [2.05, 4.69) is 4.99 Å². The van der Waals surface area contributed by atoms with E-state index in [1.165, 1.54) is 5.57 Å². The summed E-state index contributed by atoms with van der Waals surface area (Å²) in [5, 5.41) is 10.6. The first-order valence-electron chi connectivity index (χ1n) is 5.30. The molecule has 15 heavy (non-hydrogen) atoms. The van der Waals surface area contributed by atoms with Gasteiger partial charge in [0.05, 0.1) is 17.5 Å². The Balaban J connectivity index is 2.05. The van der Waals surface area contributed by atoms with Crippen molar-refractivity contribution in [2.24, 2.45) is 10.9 Å². The predicted molar refractivity (Wildman–Crippen MR) is 60.9 cm³/mol. The van der Waals surface area contributed by atoms with Gasteiger partial charge in [-0.1, -0.05) is 17.7 Å². The van der Waals surface area contributed by atoms with Gasteiger partial charge in [-0.3, -0.25) is 4.99 Å². The van der Waals surface area contributed by atoms with Gasteiger partial charge in [-0.2, -0.15) is 0 Å². The summed E-state index contributed by atoms with van der Waals surface area (Å²) in [4.78, 5) is 4.50. The van der Waals surface area contributed by atoms with Crippen LogP contribution in [-0.2, 0) is 0 Å². The summed E-state index contributed by atoms with van der Waals surface area (Å²) in [6, 6.07) is 0. The third-order valence-corrected chi connectivity index (χ3v) is 3.50. The largest absolute Gasteiger partial charge is 0.387 e. The summed E-state index contributed by atoms with van der Waals surface area (Å²) in [5.41, 5.74) is 3.20. The molecule has 2 nitrogen and oxygen atoms in total. The zero-order valence-corrected chi connectivity index (χ0v) is 9.04. The average Bonchev–Trinajstić information content (AvgIpc) is 2.58. The SMILES string of the molecule is O[C@H]1CCCC2=C1N=C1C=CC(Cl)=C[C@@H]12. The molecule has 78 valence electrons. The monoisotopic (exact) mass is 221 g/mol. The highest BCUT2D eigenvalue weighted by molar-refractivity contribution is 6.32. The highest BCUT2D eigenvalue weighted by Gasteiger charge is 2.33. The molecule has 0 spiro atoms. The molecule has 1 aliphatic heterocycles. The summed E-state index contributed by atoms with van der Waals surface area (Å²) in [6.07, 6.45) is 8.41. The first kappa shape index (κ1) is 9.37. The van der Waals surface area contributed by atoms with E-state index in [1.807, 2.05) is 18.2 Å². The molecule has 2 aliphatic carbocycles. The second kappa shape index (κ2) is 3.32. The van der Waals surface area contributed by atoms with Gasteiger partial charge in [0.1, 0.15) is 0 Å². The van der Waals surface area contributed by atoms with Crippen LogP contribution in [0.1, 0.15) is 19.3 Å². The van der Waals surface area contributed by atoms with Crippen molar-refractivity contribution in [1.29, 1.82) is 0 Å². The van der Waals surface area contributed by atoms with Crippen LogP contribution in [0.25, 0.3) is 0 Å². The smallest absolute Gasteiger partial charge is 0.0959 e. The molecule has 0 aromatic carbocycles. The number of aliphatic hydroxyl groups is 1. The van der Waals surface area contributed by atoms with Crippen LogP contribution in [0.3, 0.4) is 0 Å². The third kappa shape index (κ3) is 1.40. The number of halogens is 1. The average molecular weight is 222 g/mol. The second-order valence-corrected chi connectivity index (χ2v) is 4.65. The molecule has 3 aliphatic rings. The number of hydrogen-bond acceptors (Lipinski definition) is 2. The van der Waals surface area contributed by atoms with Gasteiger partial charge in [-0.15, -0.1) is 0 Å². The third-order valence-electron chi connectivity index (χ3n) is 3.25. The number of aliphatic hydroxyl groups excluding tert-OH is 1. The van der Waals surface area contributed by atoms with Crippen molar-refractivity contribution in [3.8, 4) is 0 Å². The molecule has 0 amide bonds. The minimum absolute atomic E-state index is 0.229. The molecule has 0 saturated carbocycles. The lowest BCUT2D eigenvalue weighted by Gasteiger charge is -2.21. The van der Waals surface area contributed by atoms with E-state index in [0.29, 0.717) is 0 Å². The van der Waals surface area contributed by atoms with Gasteiger partial charge in [0.15, 0.2) is 0 Å². The topological polar surface area (TPSA) is 32.6 Å². The second-order valence-electron chi connectivity index (χ2n) is 4.22. The summed E-state index contributed by atoms with van der Waals surface area (Å²) in [6.45, 7) is 0. The van der Waals surface area contributed by atoms with E-state index in [-0.39, 0.29) is 12.0 Å². The highest BCUT2D eigenvalue weighted by atomic mass is 35.5. The van der Waals surface area contributed by atoms with Gasteiger partial charge in [-0.25, -0.2) is 0 Å². The van der Waals surface area contributed by atoms with Crippen LogP contribution in [0.4, 0.5) is 0 Å². The summed E-state index contributed by atoms with van der Waals surface area (Å²) >= 11 is 5.99. The van der Waals surface area contributed by atoms with Gasteiger partial charge in [0.2, 0.25) is 0 Å². The van der Waals surface area contributed by atoms with Crippen molar-refractivity contribution >= 4 is 17.3 Å². The first-order valence-corrected chi connectivity index (χ1v) is 5.68. The summed E-state index contributed by atoms with van der Waals surface area (Å²) < 4.78 is 0. The number of rotatable bonds is 0. The molecule has 0 radical (unpaired) electrons. The van der Waals surface area contributed by atoms with Gasteiger partial charge in [0, 0.05) is 11.0 Å². The molecule has 1 heterocycles. The lowest BCUT2D eigenvalue weighted by Crippen LogP contribution is -2.17. The van der Waals surface area contributed by atoms with Crippen molar-refractivity contribution in [3.05, 3.63) is 34.5 Å². The van der Waals surface area contributed by atoms with E-state index in [9.17, 15) is 5.11 Å². The number of nitrogens with zero attached hydrogens (tertiary/aromatic N) is 1. The number of fused-ring (bicyclic) bond motifs is 2. The lowest BCUT2D eigenvalue weighted by atomic mass is 9.84. The predicted octanol–water partition coefficient (Wildman–Crippen LogP) is 2.55. The molecule has 0 saturated heterocycles. The van der Waals surface area contributed by atoms with Crippen molar-refractivity contribution in [3.63, 3.8) is 0 Å². The Hall–Kier alpha value is -0.860. The van der Waals surface area contributed by atoms with Crippen molar-refractivity contribution in [1.82, 2.24) is 0 Å². The van der Waals surface area contributed by atoms with Crippen LogP contribution in [0, 0.1) is 5.92 Å². The summed E-state index contributed by atoms with van der Waals surface area (Å²) in [5.74, 6) is 0.229. The molecule has 1 N–H and O–H groups in total. The Morgan fingerprint density at radius 1 is 1.40 bits per heavy atom. The van der Waals surface area contributed by atoms with Gasteiger partial charge < -0.3 is 5.11 Å².